The minimum Gasteiger partial charge on any atom is -0.497 e. The van der Waals surface area contributed by atoms with Gasteiger partial charge in [0.25, 0.3) is 0 Å². The number of rotatable bonds is 13. The molecule has 0 N–H and O–H groups in total. The Morgan fingerprint density at radius 2 is 0.687 bits per heavy atom. The van der Waals surface area contributed by atoms with Crippen molar-refractivity contribution in [2.24, 2.45) is 0 Å². The first-order valence-corrected chi connectivity index (χ1v) is 30.8. The molecule has 3 aliphatic rings. The molecule has 3 heterocycles. The highest BCUT2D eigenvalue weighted by Gasteiger charge is 2.85. The summed E-state index contributed by atoms with van der Waals surface area (Å²) in [6.45, 7) is 10.9. The Bertz CT molecular complexity index is 3560. The van der Waals surface area contributed by atoms with Crippen LogP contribution in [0.1, 0.15) is 90.3 Å². The summed E-state index contributed by atoms with van der Waals surface area (Å²) in [6, 6.07) is 91.4. The molecule has 10 heteroatoms. The lowest BCUT2D eigenvalue weighted by Crippen LogP contribution is -2.48. The van der Waals surface area contributed by atoms with Crippen molar-refractivity contribution >= 4 is 16.5 Å². The first kappa shape index (κ1) is 54.4. The van der Waals surface area contributed by atoms with Crippen LogP contribution in [0.4, 0.5) is 0 Å². The van der Waals surface area contributed by atoms with E-state index in [4.69, 9.17) is 36.6 Å². The molecule has 2 saturated heterocycles. The summed E-state index contributed by atoms with van der Waals surface area (Å²) < 4.78 is 60.4. The lowest BCUT2D eigenvalue weighted by molar-refractivity contribution is 0.00370. The minimum atomic E-state index is -3.72. The highest BCUT2D eigenvalue weighted by molar-refractivity contribution is 7.64. The second kappa shape index (κ2) is 21.1. The van der Waals surface area contributed by atoms with Crippen LogP contribution in [0.15, 0.2) is 267 Å². The van der Waals surface area contributed by atoms with Gasteiger partial charge in [-0.2, -0.15) is 9.05 Å². The van der Waals surface area contributed by atoms with Crippen LogP contribution in [0.2, 0.25) is 0 Å². The average molecular weight is 1130 g/mol. The summed E-state index contributed by atoms with van der Waals surface area (Å²) >= 11 is 0. The number of hydrogen-bond acceptors (Lipinski definition) is 8. The topological polar surface area (TPSA) is 73.8 Å². The molecule has 2 fully saturated rings. The lowest BCUT2D eigenvalue weighted by atomic mass is 9.66. The summed E-state index contributed by atoms with van der Waals surface area (Å²) in [6.07, 6.45) is 0. The molecule has 0 bridgehead atoms. The fourth-order valence-electron chi connectivity index (χ4n) is 12.8. The zero-order chi connectivity index (χ0) is 57.1. The van der Waals surface area contributed by atoms with Gasteiger partial charge in [-0.05, 0) is 88.0 Å². The minimum absolute atomic E-state index is 0.524. The summed E-state index contributed by atoms with van der Waals surface area (Å²) in [5.74, 6) is 2.33. The van der Waals surface area contributed by atoms with Crippen LogP contribution in [0, 0.1) is 0 Å². The average Bonchev–Trinajstić information content (AvgIpc) is 2.53. The van der Waals surface area contributed by atoms with Crippen LogP contribution in [-0.2, 0) is 51.1 Å². The molecule has 0 unspecified atom stereocenters. The third kappa shape index (κ3) is 8.40. The maximum absolute atomic E-state index is 8.26. The first-order valence-electron chi connectivity index (χ1n) is 28.1. The molecule has 0 aromatic heterocycles. The van der Waals surface area contributed by atoms with Crippen molar-refractivity contribution in [2.75, 3.05) is 14.2 Å². The van der Waals surface area contributed by atoms with Crippen molar-refractivity contribution in [3.63, 3.8) is 0 Å². The van der Waals surface area contributed by atoms with Gasteiger partial charge in [-0.3, -0.25) is 13.6 Å². The van der Waals surface area contributed by atoms with Crippen LogP contribution >= 0.6 is 16.5 Å². The van der Waals surface area contributed by atoms with Crippen molar-refractivity contribution in [3.05, 3.63) is 323 Å². The highest BCUT2D eigenvalue weighted by atomic mass is 31.2. The molecule has 0 amide bonds. The van der Waals surface area contributed by atoms with E-state index >= 15 is 0 Å². The molecule has 10 aromatic carbocycles. The molecule has 0 saturated carbocycles. The third-order valence-corrected chi connectivity index (χ3v) is 21.0. The molecular weight excluding hydrogens is 1070 g/mol. The first-order chi connectivity index (χ1) is 40.3. The SMILES string of the molecule is COc1cc(-c2cc(OC)cc3c2O[P+]2(OC(c4ccccc4)(c4ccccc4)C(c4ccccc4)(c4ccccc4)O2)C3(C)C)c(OP2OC(c3ccccc3)(c3ccccc3)C(c3ccccc3)(c3ccccc3)O2)c(C(C)(C)C)c1. The molecule has 0 radical (unpaired) electrons. The highest BCUT2D eigenvalue weighted by Crippen LogP contribution is 2.90. The van der Waals surface area contributed by atoms with Gasteiger partial charge in [-0.25, -0.2) is 0 Å². The predicted molar refractivity (Wildman–Crippen MR) is 331 cm³/mol. The van der Waals surface area contributed by atoms with Gasteiger partial charge in [0.15, 0.2) is 22.1 Å². The number of methoxy groups -OCH3 is 2. The predicted octanol–water partition coefficient (Wildman–Crippen LogP) is 18.5. The lowest BCUT2D eigenvalue weighted by Gasteiger charge is -2.43. The summed E-state index contributed by atoms with van der Waals surface area (Å²) in [5, 5.41) is -0.948. The maximum Gasteiger partial charge on any atom is 0.469 e. The number of hydrogen-bond donors (Lipinski definition) is 0. The van der Waals surface area contributed by atoms with E-state index in [-0.39, 0.29) is 0 Å². The Hall–Kier alpha value is -7.90. The molecule has 414 valence electrons. The largest absolute Gasteiger partial charge is 0.497 e. The van der Waals surface area contributed by atoms with Gasteiger partial charge in [-0.1, -0.05) is 263 Å². The molecule has 3 aliphatic heterocycles. The van der Waals surface area contributed by atoms with E-state index in [9.17, 15) is 0 Å². The van der Waals surface area contributed by atoms with Crippen LogP contribution in [-0.4, -0.2) is 14.2 Å². The molecule has 8 nitrogen and oxygen atoms in total. The molecule has 83 heavy (non-hydrogen) atoms. The summed E-state index contributed by atoms with van der Waals surface area (Å²) in [4.78, 5) is 0. The summed E-state index contributed by atoms with van der Waals surface area (Å²) in [7, 11) is -2.64. The van der Waals surface area contributed by atoms with Crippen molar-refractivity contribution in [3.8, 4) is 34.1 Å². The van der Waals surface area contributed by atoms with E-state index in [2.05, 4.69) is 241 Å². The maximum atomic E-state index is 8.26. The van der Waals surface area contributed by atoms with E-state index in [1.807, 2.05) is 60.7 Å². The fraction of sp³-hybridized carbons (Fsp3) is 0.178. The van der Waals surface area contributed by atoms with Crippen LogP contribution in [0.3, 0.4) is 0 Å². The van der Waals surface area contributed by atoms with Crippen LogP contribution in [0.25, 0.3) is 11.1 Å². The Labute approximate surface area is 489 Å². The second-order valence-electron chi connectivity index (χ2n) is 22.8. The monoisotopic (exact) mass is 1130 g/mol. The molecular formula is C73H65O8P2+. The van der Waals surface area contributed by atoms with Crippen molar-refractivity contribution < 1.29 is 36.6 Å². The Balaban J connectivity index is 1.05. The van der Waals surface area contributed by atoms with Gasteiger partial charge in [-0.15, -0.1) is 0 Å². The zero-order valence-corrected chi connectivity index (χ0v) is 49.4. The van der Waals surface area contributed by atoms with Crippen LogP contribution in [0.5, 0.6) is 23.0 Å². The quantitative estimate of drug-likeness (QED) is 0.106. The Morgan fingerprint density at radius 1 is 0.386 bits per heavy atom. The number of ether oxygens (including phenoxy) is 2. The van der Waals surface area contributed by atoms with Gasteiger partial charge in [0.05, 0.1) is 19.8 Å². The number of fused-ring (bicyclic) bond motifs is 1. The molecule has 10 aromatic rings. The van der Waals surface area contributed by atoms with Crippen molar-refractivity contribution in [1.82, 2.24) is 0 Å². The van der Waals surface area contributed by atoms with Gasteiger partial charge >= 0.3 is 16.5 Å². The van der Waals surface area contributed by atoms with Gasteiger partial charge in [0.1, 0.15) is 17.2 Å². The van der Waals surface area contributed by atoms with Crippen molar-refractivity contribution in [1.29, 1.82) is 0 Å². The zero-order valence-electron chi connectivity index (χ0n) is 47.6. The van der Waals surface area contributed by atoms with Gasteiger partial charge in [0, 0.05) is 16.7 Å². The van der Waals surface area contributed by atoms with Crippen molar-refractivity contribution in [2.45, 2.75) is 67.6 Å². The fourth-order valence-corrected chi connectivity index (χ4v) is 17.5. The Kier molecular flexibility index (Phi) is 13.8. The Morgan fingerprint density at radius 3 is 1.00 bits per heavy atom. The van der Waals surface area contributed by atoms with E-state index < -0.39 is 49.5 Å². The van der Waals surface area contributed by atoms with E-state index in [0.717, 1.165) is 55.6 Å². The number of benzene rings is 10. The normalized spacial score (nSPS) is 17.8. The second-order valence-corrected chi connectivity index (χ2v) is 26.5. The van der Waals surface area contributed by atoms with E-state index in [1.165, 1.54) is 0 Å². The molecule has 1 spiro atoms. The molecule has 0 aliphatic carbocycles. The smallest absolute Gasteiger partial charge is 0.469 e. The summed E-state index contributed by atoms with van der Waals surface area (Å²) in [5.41, 5.74) is 4.55. The van der Waals surface area contributed by atoms with Gasteiger partial charge in [0.2, 0.25) is 11.2 Å². The van der Waals surface area contributed by atoms with Gasteiger partial charge < -0.3 is 14.0 Å². The van der Waals surface area contributed by atoms with E-state index in [0.29, 0.717) is 34.1 Å². The van der Waals surface area contributed by atoms with E-state index in [1.54, 1.807) is 14.2 Å². The molecule has 13 rings (SSSR count). The van der Waals surface area contributed by atoms with Crippen LogP contribution < -0.4 is 18.5 Å². The molecule has 0 atom stereocenters. The third-order valence-electron chi connectivity index (χ3n) is 16.8. The standard InChI is InChI=1S/C73H65O8P2/c1-68(2,3)64-50-60(74-6)48-62(66(64)76-82-78-70(52-32-16-8-17-33-52,53-34-18-9-19-35-53)71(79-82,54-36-20-10-21-37-54)55-38-22-11-23-39-55)63-49-61(75-7)51-65-67(63)77-83(69(65,4)5)80-72(56-40-24-12-25-41-56,57-42-26-13-27-43-57)73(81-83,58-44-28-14-29-45-58)59-46-30-15-31-47-59/h8-51H,1-7H3/q+1.